The fourth-order valence-corrected chi connectivity index (χ4v) is 5.46. The summed E-state index contributed by atoms with van der Waals surface area (Å²) in [4.78, 5) is 15.2. The van der Waals surface area contributed by atoms with Crippen LogP contribution in [0, 0.1) is 11.3 Å². The number of benzene rings is 2. The molecule has 0 radical (unpaired) electrons. The summed E-state index contributed by atoms with van der Waals surface area (Å²) in [7, 11) is 1.33. The molecular weight excluding hydrogens is 528 g/mol. The van der Waals surface area contributed by atoms with E-state index < -0.39 is 36.6 Å². The van der Waals surface area contributed by atoms with Crippen molar-refractivity contribution in [3.05, 3.63) is 47.5 Å². The molecule has 2 aromatic carbocycles. The number of hydrogen-bond acceptors (Lipinski definition) is 11. The average molecular weight is 565 g/mol. The van der Waals surface area contributed by atoms with E-state index in [1.54, 1.807) is 11.1 Å². The van der Waals surface area contributed by atoms with Crippen molar-refractivity contribution in [3.8, 4) is 6.07 Å². The molecule has 3 aliphatic heterocycles. The van der Waals surface area contributed by atoms with Crippen LogP contribution in [0.4, 0.5) is 5.69 Å². The molecule has 0 spiro atoms. The first-order valence-corrected chi connectivity index (χ1v) is 13.9. The van der Waals surface area contributed by atoms with Crippen LogP contribution in [0.5, 0.6) is 0 Å². The molecule has 2 aromatic rings. The van der Waals surface area contributed by atoms with Gasteiger partial charge in [0.15, 0.2) is 6.29 Å². The Morgan fingerprint density at radius 3 is 2.63 bits per heavy atom. The highest BCUT2D eigenvalue weighted by molar-refractivity contribution is 6.02. The zero-order valence-electron chi connectivity index (χ0n) is 23.0. The molecule has 0 saturated carbocycles. The van der Waals surface area contributed by atoms with Gasteiger partial charge in [0.25, 0.3) is 5.91 Å². The molecule has 12 nitrogen and oxygen atoms in total. The summed E-state index contributed by atoms with van der Waals surface area (Å²) >= 11 is 0. The molecule has 2 saturated heterocycles. The molecule has 2 fully saturated rings. The minimum Gasteiger partial charge on any atom is -0.388 e. The number of ether oxygens (including phenoxy) is 2. The van der Waals surface area contributed by atoms with E-state index in [1.165, 1.54) is 32.1 Å². The lowest BCUT2D eigenvalue weighted by molar-refractivity contribution is -0.291. The monoisotopic (exact) mass is 564 g/mol. The van der Waals surface area contributed by atoms with Crippen molar-refractivity contribution in [2.45, 2.75) is 56.0 Å². The Kier molecular flexibility index (Phi) is 9.12. The number of methoxy groups -OCH3 is 1. The number of aliphatic hydroxyl groups is 3. The van der Waals surface area contributed by atoms with Crippen LogP contribution >= 0.6 is 0 Å². The lowest BCUT2D eigenvalue weighted by Crippen LogP contribution is -2.60. The first-order valence-electron chi connectivity index (χ1n) is 13.9. The highest BCUT2D eigenvalue weighted by Gasteiger charge is 2.44. The summed E-state index contributed by atoms with van der Waals surface area (Å²) < 4.78 is 10.6. The van der Waals surface area contributed by atoms with Crippen LogP contribution in [0.2, 0.25) is 0 Å². The number of piperidine rings is 1. The zero-order valence-corrected chi connectivity index (χ0v) is 23.0. The molecule has 1 amide bonds. The molecule has 3 heterocycles. The molecule has 0 aliphatic carbocycles. The lowest BCUT2D eigenvalue weighted by atomic mass is 9.98. The number of anilines is 1. The van der Waals surface area contributed by atoms with Crippen LogP contribution in [-0.4, -0.2) is 103 Å². The van der Waals surface area contributed by atoms with E-state index in [4.69, 9.17) is 9.47 Å². The molecular formula is C29H36N6O6. The topological polar surface area (TPSA) is 163 Å². The summed E-state index contributed by atoms with van der Waals surface area (Å²) in [5, 5.41) is 54.6. The number of fused-ring (bicyclic) bond motifs is 1. The van der Waals surface area contributed by atoms with E-state index in [2.05, 4.69) is 38.8 Å². The quantitative estimate of drug-likeness (QED) is 0.274. The number of aliphatic hydroxyl groups excluding tert-OH is 3. The third-order valence-electron chi connectivity index (χ3n) is 7.80. The Labute approximate surface area is 238 Å². The van der Waals surface area contributed by atoms with Gasteiger partial charge >= 0.3 is 0 Å². The van der Waals surface area contributed by atoms with Crippen molar-refractivity contribution in [2.24, 2.45) is 10.3 Å². The van der Waals surface area contributed by atoms with E-state index in [0.717, 1.165) is 29.4 Å². The molecule has 3 aliphatic rings. The summed E-state index contributed by atoms with van der Waals surface area (Å²) in [6, 6.07) is 13.9. The van der Waals surface area contributed by atoms with Crippen molar-refractivity contribution in [1.29, 1.82) is 5.26 Å². The number of carbonyl (C=O) groups excluding carboxylic acids is 1. The van der Waals surface area contributed by atoms with Gasteiger partial charge in [-0.2, -0.15) is 10.4 Å². The number of rotatable bonds is 8. The summed E-state index contributed by atoms with van der Waals surface area (Å²) in [5.41, 5.74) is 1.96. The van der Waals surface area contributed by atoms with E-state index in [1.807, 2.05) is 24.3 Å². The van der Waals surface area contributed by atoms with Crippen LogP contribution in [0.25, 0.3) is 16.8 Å². The van der Waals surface area contributed by atoms with Gasteiger partial charge in [0.1, 0.15) is 42.1 Å². The number of carbonyl (C=O) groups is 1. The minimum absolute atomic E-state index is 0.0158. The van der Waals surface area contributed by atoms with Crippen molar-refractivity contribution in [1.82, 2.24) is 10.3 Å². The summed E-state index contributed by atoms with van der Waals surface area (Å²) in [6.07, 6.45) is -0.785. The van der Waals surface area contributed by atoms with Gasteiger partial charge in [-0.3, -0.25) is 9.80 Å². The van der Waals surface area contributed by atoms with E-state index >= 15 is 0 Å². The first kappa shape index (κ1) is 28.9. The Bertz CT molecular complexity index is 1340. The molecule has 6 atom stereocenters. The third kappa shape index (κ3) is 6.66. The standard InChI is InChI=1S/C29H36N6O6/c1-40-29-27(38)26(37)25(36)24(41-29)17-35-16-22(32-33-35)15-31-28(39)21(14-30)12-18-5-6-20-13-23(8-7-19(20)11-18)34-9-3-2-4-10-34/h5-8,11-13,22,24-27,29,36-38H,2-4,9-10,15-17H2,1H3,(H,31,39)/b21-12+. The van der Waals surface area contributed by atoms with Crippen LogP contribution in [0.1, 0.15) is 24.8 Å². The minimum atomic E-state index is -1.43. The van der Waals surface area contributed by atoms with Crippen LogP contribution in [0.15, 0.2) is 52.3 Å². The number of amides is 1. The Morgan fingerprint density at radius 1 is 1.12 bits per heavy atom. The van der Waals surface area contributed by atoms with Crippen molar-refractivity contribution in [2.75, 3.05) is 44.7 Å². The summed E-state index contributed by atoms with van der Waals surface area (Å²) in [5.74, 6) is -0.507. The van der Waals surface area contributed by atoms with Crippen molar-refractivity contribution >= 4 is 28.4 Å². The van der Waals surface area contributed by atoms with Gasteiger partial charge < -0.3 is 35.0 Å². The Balaban J connectivity index is 1.15. The van der Waals surface area contributed by atoms with Gasteiger partial charge in [-0.25, -0.2) is 0 Å². The summed E-state index contributed by atoms with van der Waals surface area (Å²) in [6.45, 7) is 2.75. The van der Waals surface area contributed by atoms with Gasteiger partial charge in [-0.05, 0) is 59.9 Å². The maximum atomic E-state index is 12.8. The van der Waals surface area contributed by atoms with Crippen molar-refractivity contribution < 1.29 is 29.6 Å². The van der Waals surface area contributed by atoms with E-state index in [-0.39, 0.29) is 24.7 Å². The third-order valence-corrected chi connectivity index (χ3v) is 7.80. The van der Waals surface area contributed by atoms with Gasteiger partial charge in [-0.1, -0.05) is 23.4 Å². The Morgan fingerprint density at radius 2 is 1.88 bits per heavy atom. The van der Waals surface area contributed by atoms with Crippen molar-refractivity contribution in [3.63, 3.8) is 0 Å². The van der Waals surface area contributed by atoms with Gasteiger partial charge in [0, 0.05) is 32.4 Å². The maximum absolute atomic E-state index is 12.8. The molecule has 218 valence electrons. The molecule has 5 rings (SSSR count). The van der Waals surface area contributed by atoms with Gasteiger partial charge in [0.2, 0.25) is 0 Å². The second-order valence-electron chi connectivity index (χ2n) is 10.7. The predicted molar refractivity (Wildman–Crippen MR) is 151 cm³/mol. The normalized spacial score (nSPS) is 28.6. The SMILES string of the molecule is COC1OC(CN2CC(CNC(=O)/C(C#N)=C/c3ccc4cc(N5CCCCC5)ccc4c3)N=N2)C(O)C(O)C1O. The molecule has 41 heavy (non-hydrogen) atoms. The number of hydrogen-bond donors (Lipinski definition) is 4. The number of nitrogens with zero attached hydrogens (tertiary/aromatic N) is 5. The molecule has 6 unspecified atom stereocenters. The first-order chi connectivity index (χ1) is 19.9. The van der Waals surface area contributed by atoms with Gasteiger partial charge in [0.05, 0.1) is 13.1 Å². The lowest BCUT2D eigenvalue weighted by Gasteiger charge is -2.40. The van der Waals surface area contributed by atoms with Crippen LogP contribution < -0.4 is 10.2 Å². The molecule has 0 bridgehead atoms. The Hall–Kier alpha value is -3.60. The molecule has 4 N–H and O–H groups in total. The van der Waals surface area contributed by atoms with E-state index in [0.29, 0.717) is 6.54 Å². The second-order valence-corrected chi connectivity index (χ2v) is 10.7. The number of nitriles is 1. The maximum Gasteiger partial charge on any atom is 0.262 e. The van der Waals surface area contributed by atoms with Crippen LogP contribution in [0.3, 0.4) is 0 Å². The fourth-order valence-electron chi connectivity index (χ4n) is 5.46. The average Bonchev–Trinajstić information content (AvgIpc) is 3.46. The predicted octanol–water partition coefficient (Wildman–Crippen LogP) is 1.36. The van der Waals surface area contributed by atoms with Gasteiger partial charge in [-0.15, -0.1) is 0 Å². The fraction of sp³-hybridized carbons (Fsp3) is 0.517. The molecule has 0 aromatic heterocycles. The number of nitrogens with one attached hydrogen (secondary N) is 1. The largest absolute Gasteiger partial charge is 0.388 e. The van der Waals surface area contributed by atoms with E-state index in [9.17, 15) is 25.4 Å². The zero-order chi connectivity index (χ0) is 28.9. The second kappa shape index (κ2) is 12.9. The highest BCUT2D eigenvalue weighted by atomic mass is 16.7. The van der Waals surface area contributed by atoms with Crippen LogP contribution in [-0.2, 0) is 14.3 Å². The highest BCUT2D eigenvalue weighted by Crippen LogP contribution is 2.27. The molecule has 12 heteroatoms. The smallest absolute Gasteiger partial charge is 0.262 e.